The number of nitrogens with one attached hydrogen (secondary N) is 2. The number of anilines is 2. The van der Waals surface area contributed by atoms with E-state index < -0.39 is 17.3 Å². The first-order valence-electron chi connectivity index (χ1n) is 10.8. The zero-order valence-corrected chi connectivity index (χ0v) is 19.3. The van der Waals surface area contributed by atoms with Crippen LogP contribution in [0.1, 0.15) is 45.2 Å². The molecule has 1 aliphatic carbocycles. The van der Waals surface area contributed by atoms with Gasteiger partial charge < -0.3 is 22.1 Å². The lowest BCUT2D eigenvalue weighted by Crippen LogP contribution is -2.28. The van der Waals surface area contributed by atoms with Gasteiger partial charge in [-0.05, 0) is 64.0 Å². The second-order valence-electron chi connectivity index (χ2n) is 8.52. The van der Waals surface area contributed by atoms with Crippen LogP contribution in [0.25, 0.3) is 0 Å². The van der Waals surface area contributed by atoms with Crippen LogP contribution in [0.2, 0.25) is 5.02 Å². The van der Waals surface area contributed by atoms with Crippen LogP contribution in [0.5, 0.6) is 0 Å². The molecule has 6 N–H and O–H groups in total. The van der Waals surface area contributed by atoms with Crippen LogP contribution >= 0.6 is 11.6 Å². The molecule has 11 heteroatoms. The SMILES string of the molecule is CC(C)Nc1ncc(/N=C(\N)Nc2c(F)cc(Cl)cc2F)c(C[C@H]2CC[C@@H](C(N)=O)CC2)n1. The van der Waals surface area contributed by atoms with E-state index in [9.17, 15) is 13.6 Å². The number of aromatic nitrogens is 2. The summed E-state index contributed by atoms with van der Waals surface area (Å²) in [5.41, 5.74) is 12.0. The molecule has 0 saturated heterocycles. The van der Waals surface area contributed by atoms with Crippen molar-refractivity contribution in [2.24, 2.45) is 28.3 Å². The fourth-order valence-electron chi connectivity index (χ4n) is 3.85. The molecule has 1 heterocycles. The van der Waals surface area contributed by atoms with Gasteiger partial charge in [-0.3, -0.25) is 4.79 Å². The molecule has 0 radical (unpaired) electrons. The number of guanidine groups is 1. The first kappa shape index (κ1) is 24.6. The molecule has 1 aliphatic rings. The zero-order chi connectivity index (χ0) is 24.1. The summed E-state index contributed by atoms with van der Waals surface area (Å²) in [6.45, 7) is 3.94. The van der Waals surface area contributed by atoms with Gasteiger partial charge in [0, 0.05) is 17.0 Å². The summed E-state index contributed by atoms with van der Waals surface area (Å²) in [7, 11) is 0. The van der Waals surface area contributed by atoms with Gasteiger partial charge in [-0.2, -0.15) is 0 Å². The number of halogens is 3. The Labute approximate surface area is 196 Å². The Morgan fingerprint density at radius 3 is 2.42 bits per heavy atom. The number of benzene rings is 1. The van der Waals surface area contributed by atoms with Crippen molar-refractivity contribution in [2.75, 3.05) is 10.6 Å². The van der Waals surface area contributed by atoms with Gasteiger partial charge in [0.25, 0.3) is 0 Å². The molecule has 0 atom stereocenters. The molecule has 1 saturated carbocycles. The zero-order valence-electron chi connectivity index (χ0n) is 18.5. The normalized spacial score (nSPS) is 18.9. The van der Waals surface area contributed by atoms with E-state index in [0.717, 1.165) is 37.8 Å². The Morgan fingerprint density at radius 2 is 1.85 bits per heavy atom. The Bertz CT molecular complexity index is 1020. The minimum atomic E-state index is -0.891. The van der Waals surface area contributed by atoms with Gasteiger partial charge in [-0.1, -0.05) is 11.6 Å². The quantitative estimate of drug-likeness (QED) is 0.349. The lowest BCUT2D eigenvalue weighted by atomic mass is 9.79. The van der Waals surface area contributed by atoms with Crippen molar-refractivity contribution in [1.29, 1.82) is 0 Å². The van der Waals surface area contributed by atoms with E-state index in [2.05, 4.69) is 25.6 Å². The molecule has 0 unspecified atom stereocenters. The predicted octanol–water partition coefficient (Wildman–Crippen LogP) is 4.12. The maximum Gasteiger partial charge on any atom is 0.223 e. The first-order chi connectivity index (χ1) is 15.6. The average Bonchev–Trinajstić information content (AvgIpc) is 2.72. The molecule has 0 spiro atoms. The monoisotopic (exact) mass is 479 g/mol. The number of primary amides is 1. The van der Waals surface area contributed by atoms with Crippen LogP contribution in [0, 0.1) is 23.5 Å². The van der Waals surface area contributed by atoms with E-state index in [1.165, 1.54) is 6.20 Å². The Kier molecular flexibility index (Phi) is 8.01. The molecule has 2 aromatic rings. The molecule has 178 valence electrons. The van der Waals surface area contributed by atoms with Crippen molar-refractivity contribution in [2.45, 2.75) is 52.0 Å². The maximum atomic E-state index is 14.1. The van der Waals surface area contributed by atoms with Crippen molar-refractivity contribution >= 4 is 40.8 Å². The van der Waals surface area contributed by atoms with E-state index in [4.69, 9.17) is 23.1 Å². The fraction of sp³-hybridized carbons (Fsp3) is 0.455. The van der Waals surface area contributed by atoms with Crippen LogP contribution in [0.15, 0.2) is 23.3 Å². The van der Waals surface area contributed by atoms with Gasteiger partial charge in [-0.25, -0.2) is 23.7 Å². The van der Waals surface area contributed by atoms with Crippen molar-refractivity contribution in [3.63, 3.8) is 0 Å². The third-order valence-electron chi connectivity index (χ3n) is 5.50. The van der Waals surface area contributed by atoms with Gasteiger partial charge >= 0.3 is 0 Å². The van der Waals surface area contributed by atoms with Crippen molar-refractivity contribution < 1.29 is 13.6 Å². The summed E-state index contributed by atoms with van der Waals surface area (Å²) in [4.78, 5) is 24.6. The standard InChI is InChI=1S/C22H28ClF2N7O/c1-11(2)29-22-28-10-18(17(31-22)7-12-3-5-13(6-4-12)20(26)33)30-21(27)32-19-15(24)8-14(23)9-16(19)25/h8-13H,3-7H2,1-2H3,(H2,26,33)(H3,27,30,32)(H,28,29,31)/t12-,13+. The van der Waals surface area contributed by atoms with Crippen molar-refractivity contribution in [3.8, 4) is 0 Å². The Morgan fingerprint density at radius 1 is 1.21 bits per heavy atom. The van der Waals surface area contributed by atoms with Crippen molar-refractivity contribution in [3.05, 3.63) is 40.7 Å². The summed E-state index contributed by atoms with van der Waals surface area (Å²) < 4.78 is 28.2. The number of aliphatic imine (C=N–C) groups is 1. The van der Waals surface area contributed by atoms with Crippen LogP contribution in [0.4, 0.5) is 26.1 Å². The number of rotatable bonds is 7. The van der Waals surface area contributed by atoms with E-state index in [1.54, 1.807) is 0 Å². The van der Waals surface area contributed by atoms with E-state index in [-0.39, 0.29) is 34.8 Å². The molecule has 0 aliphatic heterocycles. The molecule has 3 rings (SSSR count). The molecule has 1 aromatic carbocycles. The lowest BCUT2D eigenvalue weighted by Gasteiger charge is -2.26. The van der Waals surface area contributed by atoms with Gasteiger partial charge in [0.05, 0.1) is 11.9 Å². The highest BCUT2D eigenvalue weighted by molar-refractivity contribution is 6.30. The number of nitrogens with two attached hydrogens (primary N) is 2. The van der Waals surface area contributed by atoms with Crippen LogP contribution in [0.3, 0.4) is 0 Å². The molecular formula is C22H28ClF2N7O. The lowest BCUT2D eigenvalue weighted by molar-refractivity contribution is -0.122. The Balaban J connectivity index is 1.83. The number of carbonyl (C=O) groups is 1. The van der Waals surface area contributed by atoms with E-state index in [0.29, 0.717) is 23.8 Å². The molecular weight excluding hydrogens is 452 g/mol. The van der Waals surface area contributed by atoms with Crippen LogP contribution < -0.4 is 22.1 Å². The van der Waals surface area contributed by atoms with Crippen LogP contribution in [-0.4, -0.2) is 27.9 Å². The number of nitrogens with zero attached hydrogens (tertiary/aromatic N) is 3. The number of amides is 1. The third-order valence-corrected chi connectivity index (χ3v) is 5.71. The van der Waals surface area contributed by atoms with Gasteiger partial charge in [0.15, 0.2) is 17.6 Å². The van der Waals surface area contributed by atoms with E-state index >= 15 is 0 Å². The summed E-state index contributed by atoms with van der Waals surface area (Å²) in [5, 5.41) is 5.53. The number of carbonyl (C=O) groups excluding carboxylic acids is 1. The number of hydrogen-bond acceptors (Lipinski definition) is 5. The second kappa shape index (κ2) is 10.7. The van der Waals surface area contributed by atoms with Gasteiger partial charge in [-0.15, -0.1) is 0 Å². The second-order valence-corrected chi connectivity index (χ2v) is 8.95. The fourth-order valence-corrected chi connectivity index (χ4v) is 4.05. The molecule has 8 nitrogen and oxygen atoms in total. The maximum absolute atomic E-state index is 14.1. The molecule has 33 heavy (non-hydrogen) atoms. The van der Waals surface area contributed by atoms with Gasteiger partial charge in [0.2, 0.25) is 11.9 Å². The number of hydrogen-bond donors (Lipinski definition) is 4. The van der Waals surface area contributed by atoms with Gasteiger partial charge in [0.1, 0.15) is 11.4 Å². The smallest absolute Gasteiger partial charge is 0.223 e. The highest BCUT2D eigenvalue weighted by atomic mass is 35.5. The minimum absolute atomic E-state index is 0.0685. The van der Waals surface area contributed by atoms with Crippen molar-refractivity contribution in [1.82, 2.24) is 9.97 Å². The first-order valence-corrected chi connectivity index (χ1v) is 11.2. The topological polar surface area (TPSA) is 131 Å². The van der Waals surface area contributed by atoms with E-state index in [1.807, 2.05) is 13.8 Å². The molecule has 1 aromatic heterocycles. The predicted molar refractivity (Wildman–Crippen MR) is 125 cm³/mol. The third kappa shape index (κ3) is 6.74. The average molecular weight is 480 g/mol. The summed E-state index contributed by atoms with van der Waals surface area (Å²) in [5.74, 6) is -1.62. The highest BCUT2D eigenvalue weighted by Gasteiger charge is 2.26. The molecule has 1 amide bonds. The largest absolute Gasteiger partial charge is 0.369 e. The summed E-state index contributed by atoms with van der Waals surface area (Å²) in [6, 6.07) is 2.08. The highest BCUT2D eigenvalue weighted by Crippen LogP contribution is 2.33. The van der Waals surface area contributed by atoms with Crippen LogP contribution in [-0.2, 0) is 11.2 Å². The minimum Gasteiger partial charge on any atom is -0.369 e. The molecule has 1 fully saturated rings. The summed E-state index contributed by atoms with van der Waals surface area (Å²) >= 11 is 5.66. The molecule has 0 bridgehead atoms. The Hall–Kier alpha value is -3.01. The summed E-state index contributed by atoms with van der Waals surface area (Å²) in [6.07, 6.45) is 5.26.